The van der Waals surface area contributed by atoms with Crippen LogP contribution in [0.25, 0.3) is 5.69 Å². The number of hydrogen-bond donors (Lipinski definition) is 1. The van der Waals surface area contributed by atoms with Crippen LogP contribution in [0.15, 0.2) is 18.3 Å². The number of halogens is 3. The molecular formula is C14H16F3N3O. The van der Waals surface area contributed by atoms with Crippen LogP contribution in [-0.4, -0.2) is 30.0 Å². The average molecular weight is 299 g/mol. The summed E-state index contributed by atoms with van der Waals surface area (Å²) < 4.78 is 45.8. The Morgan fingerprint density at radius 3 is 2.52 bits per heavy atom. The van der Waals surface area contributed by atoms with E-state index in [0.29, 0.717) is 19.7 Å². The van der Waals surface area contributed by atoms with E-state index in [1.807, 2.05) is 0 Å². The van der Waals surface area contributed by atoms with Crippen molar-refractivity contribution in [3.63, 3.8) is 0 Å². The lowest BCUT2D eigenvalue weighted by Gasteiger charge is -2.07. The van der Waals surface area contributed by atoms with E-state index in [-0.39, 0.29) is 5.69 Å². The van der Waals surface area contributed by atoms with Gasteiger partial charge in [-0.05, 0) is 6.92 Å². The maximum Gasteiger partial charge on any atom is 0.194 e. The summed E-state index contributed by atoms with van der Waals surface area (Å²) in [5.74, 6) is -3.95. The fraction of sp³-hybridized carbons (Fsp3) is 0.357. The number of methoxy groups -OCH3 is 1. The molecule has 2 rings (SSSR count). The summed E-state index contributed by atoms with van der Waals surface area (Å²) in [4.78, 5) is 0. The summed E-state index contributed by atoms with van der Waals surface area (Å²) in [6.45, 7) is 3.60. The quantitative estimate of drug-likeness (QED) is 0.657. The van der Waals surface area contributed by atoms with Crippen molar-refractivity contribution in [1.82, 2.24) is 15.1 Å². The van der Waals surface area contributed by atoms with E-state index in [4.69, 9.17) is 4.74 Å². The second-order valence-electron chi connectivity index (χ2n) is 4.56. The largest absolute Gasteiger partial charge is 0.383 e. The first-order chi connectivity index (χ1) is 10.0. The predicted octanol–water partition coefficient (Wildman–Crippen LogP) is 2.33. The van der Waals surface area contributed by atoms with E-state index in [1.165, 1.54) is 4.68 Å². The maximum atomic E-state index is 13.3. The minimum atomic E-state index is -1.48. The molecule has 0 aliphatic carbocycles. The fourth-order valence-corrected chi connectivity index (χ4v) is 1.94. The minimum Gasteiger partial charge on any atom is -0.383 e. The number of hydrogen-bond acceptors (Lipinski definition) is 3. The molecule has 0 fully saturated rings. The topological polar surface area (TPSA) is 39.1 Å². The Bertz CT molecular complexity index is 605. The van der Waals surface area contributed by atoms with Crippen LogP contribution in [0.3, 0.4) is 0 Å². The highest BCUT2D eigenvalue weighted by atomic mass is 19.2. The first-order valence-corrected chi connectivity index (χ1v) is 6.42. The van der Waals surface area contributed by atoms with Gasteiger partial charge in [0.05, 0.1) is 18.5 Å². The van der Waals surface area contributed by atoms with Crippen molar-refractivity contribution in [1.29, 1.82) is 0 Å². The van der Waals surface area contributed by atoms with Gasteiger partial charge in [0.2, 0.25) is 0 Å². The second kappa shape index (κ2) is 6.73. The molecule has 4 nitrogen and oxygen atoms in total. The van der Waals surface area contributed by atoms with Gasteiger partial charge in [-0.1, -0.05) is 0 Å². The predicted molar refractivity (Wildman–Crippen MR) is 71.8 cm³/mol. The van der Waals surface area contributed by atoms with Gasteiger partial charge in [0, 0.05) is 43.6 Å². The molecule has 0 atom stereocenters. The van der Waals surface area contributed by atoms with E-state index in [1.54, 1.807) is 20.2 Å². The average Bonchev–Trinajstić information content (AvgIpc) is 2.82. The molecule has 0 radical (unpaired) electrons. The van der Waals surface area contributed by atoms with Crippen LogP contribution >= 0.6 is 0 Å². The molecule has 1 N–H and O–H groups in total. The summed E-state index contributed by atoms with van der Waals surface area (Å²) >= 11 is 0. The molecule has 0 spiro atoms. The van der Waals surface area contributed by atoms with Crippen molar-refractivity contribution in [3.8, 4) is 5.69 Å². The van der Waals surface area contributed by atoms with Gasteiger partial charge in [-0.3, -0.25) is 0 Å². The zero-order valence-corrected chi connectivity index (χ0v) is 11.8. The number of ether oxygens (including phenoxy) is 1. The Hall–Kier alpha value is -1.86. The third-order valence-corrected chi connectivity index (χ3v) is 3.12. The SMILES string of the molecule is COCCNCc1cnn(-c2cc(F)c(F)c(F)c2)c1C. The van der Waals surface area contributed by atoms with E-state index in [2.05, 4.69) is 10.4 Å². The van der Waals surface area contributed by atoms with Crippen LogP contribution in [0.5, 0.6) is 0 Å². The molecule has 2 aromatic rings. The third-order valence-electron chi connectivity index (χ3n) is 3.12. The van der Waals surface area contributed by atoms with Crippen molar-refractivity contribution in [3.05, 3.63) is 47.0 Å². The molecule has 0 bridgehead atoms. The van der Waals surface area contributed by atoms with E-state index >= 15 is 0 Å². The van der Waals surface area contributed by atoms with Crippen LogP contribution in [0.2, 0.25) is 0 Å². The molecule has 1 aromatic heterocycles. The fourth-order valence-electron chi connectivity index (χ4n) is 1.94. The van der Waals surface area contributed by atoms with Gasteiger partial charge in [0.1, 0.15) is 0 Å². The number of aromatic nitrogens is 2. The molecule has 1 heterocycles. The maximum absolute atomic E-state index is 13.3. The zero-order chi connectivity index (χ0) is 15.4. The summed E-state index contributed by atoms with van der Waals surface area (Å²) in [7, 11) is 1.61. The lowest BCUT2D eigenvalue weighted by atomic mass is 10.2. The summed E-state index contributed by atoms with van der Waals surface area (Å²) in [5.41, 5.74) is 1.76. The molecular weight excluding hydrogens is 283 g/mol. The normalized spacial score (nSPS) is 11.1. The van der Waals surface area contributed by atoms with Gasteiger partial charge < -0.3 is 10.1 Å². The lowest BCUT2D eigenvalue weighted by molar-refractivity contribution is 0.199. The van der Waals surface area contributed by atoms with E-state index in [0.717, 1.165) is 23.4 Å². The molecule has 0 saturated heterocycles. The molecule has 1 aromatic carbocycles. The highest BCUT2D eigenvalue weighted by Gasteiger charge is 2.14. The van der Waals surface area contributed by atoms with Gasteiger partial charge in [0.25, 0.3) is 0 Å². The van der Waals surface area contributed by atoms with Gasteiger partial charge in [-0.25, -0.2) is 17.9 Å². The second-order valence-corrected chi connectivity index (χ2v) is 4.56. The van der Waals surface area contributed by atoms with Gasteiger partial charge in [0.15, 0.2) is 17.5 Å². The van der Waals surface area contributed by atoms with Crippen LogP contribution < -0.4 is 5.32 Å². The number of nitrogens with zero attached hydrogens (tertiary/aromatic N) is 2. The van der Waals surface area contributed by atoms with Crippen LogP contribution in [0, 0.1) is 24.4 Å². The number of nitrogens with one attached hydrogen (secondary N) is 1. The zero-order valence-electron chi connectivity index (χ0n) is 11.8. The van der Waals surface area contributed by atoms with Gasteiger partial charge in [-0.15, -0.1) is 0 Å². The molecule has 0 amide bonds. The molecule has 0 aliphatic rings. The van der Waals surface area contributed by atoms with Gasteiger partial charge >= 0.3 is 0 Å². The van der Waals surface area contributed by atoms with Crippen LogP contribution in [0.4, 0.5) is 13.2 Å². The van der Waals surface area contributed by atoms with Crippen molar-refractivity contribution < 1.29 is 17.9 Å². The Morgan fingerprint density at radius 2 is 1.90 bits per heavy atom. The number of benzene rings is 1. The lowest BCUT2D eigenvalue weighted by Crippen LogP contribution is -2.18. The van der Waals surface area contributed by atoms with Crippen molar-refractivity contribution in [2.75, 3.05) is 20.3 Å². The van der Waals surface area contributed by atoms with Crippen molar-refractivity contribution >= 4 is 0 Å². The molecule has 114 valence electrons. The monoisotopic (exact) mass is 299 g/mol. The third kappa shape index (κ3) is 3.43. The summed E-state index contributed by atoms with van der Waals surface area (Å²) in [5, 5.41) is 7.24. The summed E-state index contributed by atoms with van der Waals surface area (Å²) in [6, 6.07) is 1.83. The highest BCUT2D eigenvalue weighted by Crippen LogP contribution is 2.19. The van der Waals surface area contributed by atoms with Crippen molar-refractivity contribution in [2.45, 2.75) is 13.5 Å². The minimum absolute atomic E-state index is 0.145. The first-order valence-electron chi connectivity index (χ1n) is 6.42. The Morgan fingerprint density at radius 1 is 1.24 bits per heavy atom. The molecule has 7 heteroatoms. The molecule has 0 saturated carbocycles. The van der Waals surface area contributed by atoms with Crippen LogP contribution in [-0.2, 0) is 11.3 Å². The standard InChI is InChI=1S/C14H16F3N3O/c1-9-10(7-18-3-4-21-2)8-19-20(9)11-5-12(15)14(17)13(16)6-11/h5-6,8,18H,3-4,7H2,1-2H3. The first kappa shape index (κ1) is 15.5. The Labute approximate surface area is 120 Å². The molecule has 21 heavy (non-hydrogen) atoms. The van der Waals surface area contributed by atoms with Crippen LogP contribution in [0.1, 0.15) is 11.3 Å². The number of rotatable bonds is 6. The Balaban J connectivity index is 2.20. The van der Waals surface area contributed by atoms with E-state index < -0.39 is 17.5 Å². The highest BCUT2D eigenvalue weighted by molar-refractivity contribution is 5.36. The van der Waals surface area contributed by atoms with Gasteiger partial charge in [-0.2, -0.15) is 5.10 Å². The molecule has 0 unspecified atom stereocenters. The van der Waals surface area contributed by atoms with E-state index in [9.17, 15) is 13.2 Å². The smallest absolute Gasteiger partial charge is 0.194 e. The van der Waals surface area contributed by atoms with Crippen molar-refractivity contribution in [2.24, 2.45) is 0 Å². The summed E-state index contributed by atoms with van der Waals surface area (Å²) in [6.07, 6.45) is 1.61. The molecule has 0 aliphatic heterocycles. The Kier molecular flexibility index (Phi) is 4.98.